The summed E-state index contributed by atoms with van der Waals surface area (Å²) < 4.78 is 45.7. The second-order valence-corrected chi connectivity index (χ2v) is 15.5. The van der Waals surface area contributed by atoms with Crippen LogP contribution in [0.2, 0.25) is 0 Å². The number of benzene rings is 2. The maximum absolute atomic E-state index is 14.2. The molecule has 5 aliphatic rings. The van der Waals surface area contributed by atoms with Gasteiger partial charge >= 0.3 is 29.9 Å². The van der Waals surface area contributed by atoms with E-state index in [1.807, 2.05) is 0 Å². The lowest BCUT2D eigenvalue weighted by Crippen LogP contribution is -2.77. The molecule has 14 atom stereocenters. The molecule has 0 amide bonds. The Labute approximate surface area is 307 Å². The molecule has 5 fully saturated rings. The molecule has 284 valence electrons. The number of esters is 4. The summed E-state index contributed by atoms with van der Waals surface area (Å²) in [7, 11) is 0. The van der Waals surface area contributed by atoms with E-state index >= 15 is 0 Å². The molecular weight excluding hydrogens is 688 g/mol. The van der Waals surface area contributed by atoms with Crippen LogP contribution < -0.4 is 0 Å². The third kappa shape index (κ3) is 5.00. The minimum absolute atomic E-state index is 0.0902. The fraction of sp³-hybridized carbons (Fsp3) is 0.550. The average Bonchev–Trinajstić information content (AvgIpc) is 3.50. The van der Waals surface area contributed by atoms with Gasteiger partial charge in [0.05, 0.1) is 23.2 Å². The third-order valence-electron chi connectivity index (χ3n) is 12.3. The van der Waals surface area contributed by atoms with Crippen LogP contribution in [0.4, 0.5) is 0 Å². The maximum Gasteiger partial charge on any atom is 0.338 e. The molecule has 0 unspecified atom stereocenters. The van der Waals surface area contributed by atoms with Gasteiger partial charge in [-0.05, 0) is 43.9 Å². The van der Waals surface area contributed by atoms with Crippen LogP contribution in [0.5, 0.6) is 0 Å². The van der Waals surface area contributed by atoms with Crippen LogP contribution in [0.25, 0.3) is 0 Å². The number of aliphatic hydroxyl groups is 2. The highest BCUT2D eigenvalue weighted by molar-refractivity contribution is 5.89. The third-order valence-corrected chi connectivity index (χ3v) is 12.3. The molecule has 2 N–H and O–H groups in total. The lowest BCUT2D eigenvalue weighted by Gasteiger charge is -2.62. The van der Waals surface area contributed by atoms with E-state index in [2.05, 4.69) is 6.58 Å². The summed E-state index contributed by atoms with van der Waals surface area (Å²) in [4.78, 5) is 53.6. The molecule has 3 aliphatic carbocycles. The van der Waals surface area contributed by atoms with Gasteiger partial charge in [0.2, 0.25) is 0 Å². The van der Waals surface area contributed by atoms with Crippen molar-refractivity contribution in [3.05, 3.63) is 83.9 Å². The zero-order valence-corrected chi connectivity index (χ0v) is 30.8. The zero-order valence-electron chi connectivity index (χ0n) is 30.8. The van der Waals surface area contributed by atoms with Crippen molar-refractivity contribution in [3.63, 3.8) is 0 Å². The number of fused-ring (bicyclic) bond motifs is 2. The van der Waals surface area contributed by atoms with E-state index in [0.717, 1.165) is 6.92 Å². The SMILES string of the molecule is C=C(C)[C@@]12O[C@@]3(c4ccccc4)O[C@@H]1[C@@H]1[C@H](OC(C)=O)[C@@](C)(OC(=O)c4ccccc4)[C@@H](OC(C)=O)[C@@]4(O)[C@@H](C[C@H](C)[C@@H]4OC(C)=O)[C@@]1(O3)[C@H](C)[C@@H]2O. The molecule has 3 bridgehead atoms. The highest BCUT2D eigenvalue weighted by Gasteiger charge is 2.88. The maximum atomic E-state index is 14.2. The van der Waals surface area contributed by atoms with Gasteiger partial charge in [0, 0.05) is 38.2 Å². The monoisotopic (exact) mass is 734 g/mol. The molecule has 53 heavy (non-hydrogen) atoms. The Hall–Kier alpha value is -4.14. The lowest BCUT2D eigenvalue weighted by molar-refractivity contribution is -0.447. The molecule has 7 rings (SSSR count). The number of ether oxygens (including phenoxy) is 7. The summed E-state index contributed by atoms with van der Waals surface area (Å²) in [6.45, 7) is 14.3. The van der Waals surface area contributed by atoms with Gasteiger partial charge in [-0.15, -0.1) is 0 Å². The standard InChI is InChI=1S/C40H46O13/c1-20(2)38-30(44)22(4)39-28-19-21(3)31(47-23(5)41)37(28,46)35(49-25(7)43)36(8,51-34(45)26-15-11-9-12-16-26)32(48-24(6)42)29(39)33(38)50-40(52-38,53-39)27-17-13-10-14-18-27/h9-18,21-22,28-33,35,44,46H,1,19H2,2-8H3/t21-,22+,28+,29-,30-,31-,32-,33+,35+,36+,37+,38-,39-,40+/m0/s1. The van der Waals surface area contributed by atoms with E-state index < -0.39 is 106 Å². The normalized spacial score (nSPS) is 43.5. The molecule has 2 aliphatic heterocycles. The molecule has 3 saturated carbocycles. The molecule has 0 spiro atoms. The number of rotatable bonds is 7. The summed E-state index contributed by atoms with van der Waals surface area (Å²) >= 11 is 0. The van der Waals surface area contributed by atoms with Crippen LogP contribution in [0.1, 0.15) is 70.8 Å². The Balaban J connectivity index is 1.59. The molecule has 2 heterocycles. The van der Waals surface area contributed by atoms with Crippen molar-refractivity contribution in [2.24, 2.45) is 23.7 Å². The van der Waals surface area contributed by atoms with Crippen molar-refractivity contribution in [2.75, 3.05) is 0 Å². The van der Waals surface area contributed by atoms with Gasteiger partial charge in [-0.25, -0.2) is 4.79 Å². The topological polar surface area (TPSA) is 173 Å². The second-order valence-electron chi connectivity index (χ2n) is 15.5. The Morgan fingerprint density at radius 3 is 1.96 bits per heavy atom. The van der Waals surface area contributed by atoms with Gasteiger partial charge in [0.25, 0.3) is 0 Å². The van der Waals surface area contributed by atoms with E-state index in [9.17, 15) is 29.4 Å². The van der Waals surface area contributed by atoms with Crippen molar-refractivity contribution >= 4 is 23.9 Å². The molecule has 2 aromatic rings. The molecule has 0 radical (unpaired) electrons. The van der Waals surface area contributed by atoms with Crippen LogP contribution in [-0.2, 0) is 53.5 Å². The first-order chi connectivity index (χ1) is 24.9. The van der Waals surface area contributed by atoms with Crippen LogP contribution >= 0.6 is 0 Å². The van der Waals surface area contributed by atoms with Crippen LogP contribution in [0.3, 0.4) is 0 Å². The summed E-state index contributed by atoms with van der Waals surface area (Å²) in [6.07, 6.45) is -7.33. The molecule has 13 nitrogen and oxygen atoms in total. The number of hydrogen-bond acceptors (Lipinski definition) is 13. The predicted octanol–water partition coefficient (Wildman–Crippen LogP) is 3.73. The lowest BCUT2D eigenvalue weighted by atomic mass is 9.52. The summed E-state index contributed by atoms with van der Waals surface area (Å²) in [5, 5.41) is 26.2. The zero-order chi connectivity index (χ0) is 38.5. The molecule has 2 saturated heterocycles. The highest BCUT2D eigenvalue weighted by Crippen LogP contribution is 2.73. The first-order valence-corrected chi connectivity index (χ1v) is 17.9. The Morgan fingerprint density at radius 1 is 0.830 bits per heavy atom. The van der Waals surface area contributed by atoms with Gasteiger partial charge < -0.3 is 43.4 Å². The summed E-state index contributed by atoms with van der Waals surface area (Å²) in [5.74, 6) is -9.20. The minimum atomic E-state index is -2.40. The first kappa shape index (κ1) is 37.2. The largest absolute Gasteiger partial charge is 0.459 e. The van der Waals surface area contributed by atoms with Gasteiger partial charge in [0.1, 0.15) is 23.4 Å². The molecule has 2 aromatic carbocycles. The number of carbonyl (C=O) groups is 4. The fourth-order valence-corrected chi connectivity index (χ4v) is 10.4. The van der Waals surface area contributed by atoms with Gasteiger partial charge in [0.15, 0.2) is 17.8 Å². The van der Waals surface area contributed by atoms with E-state index in [1.54, 1.807) is 69.3 Å². The second kappa shape index (κ2) is 12.5. The van der Waals surface area contributed by atoms with Crippen LogP contribution in [-0.4, -0.2) is 87.0 Å². The van der Waals surface area contributed by atoms with E-state index in [-0.39, 0.29) is 12.0 Å². The quantitative estimate of drug-likeness (QED) is 0.240. The molecular formula is C40H46O13. The Kier molecular flexibility index (Phi) is 8.74. The van der Waals surface area contributed by atoms with Crippen LogP contribution in [0, 0.1) is 23.7 Å². The van der Waals surface area contributed by atoms with Gasteiger partial charge in [-0.2, -0.15) is 0 Å². The van der Waals surface area contributed by atoms with Gasteiger partial charge in [-0.1, -0.05) is 69.0 Å². The van der Waals surface area contributed by atoms with Crippen molar-refractivity contribution in [3.8, 4) is 0 Å². The Morgan fingerprint density at radius 2 is 1.40 bits per heavy atom. The minimum Gasteiger partial charge on any atom is -0.459 e. The number of hydrogen-bond donors (Lipinski definition) is 2. The van der Waals surface area contributed by atoms with Gasteiger partial charge in [-0.3, -0.25) is 14.4 Å². The molecule has 0 aromatic heterocycles. The van der Waals surface area contributed by atoms with E-state index in [1.165, 1.54) is 32.9 Å². The highest BCUT2D eigenvalue weighted by atomic mass is 16.9. The molecule has 13 heteroatoms. The smallest absolute Gasteiger partial charge is 0.338 e. The van der Waals surface area contributed by atoms with Crippen LogP contribution in [0.15, 0.2) is 72.8 Å². The van der Waals surface area contributed by atoms with Crippen molar-refractivity contribution < 1.29 is 62.5 Å². The first-order valence-electron chi connectivity index (χ1n) is 17.9. The van der Waals surface area contributed by atoms with Crippen molar-refractivity contribution in [1.29, 1.82) is 0 Å². The van der Waals surface area contributed by atoms with Crippen molar-refractivity contribution in [2.45, 2.75) is 114 Å². The van der Waals surface area contributed by atoms with E-state index in [0.29, 0.717) is 11.1 Å². The summed E-state index contributed by atoms with van der Waals surface area (Å²) in [6, 6.07) is 16.8. The number of carbonyl (C=O) groups excluding carboxylic acids is 4. The average molecular weight is 735 g/mol. The van der Waals surface area contributed by atoms with Crippen molar-refractivity contribution in [1.82, 2.24) is 0 Å². The number of aliphatic hydroxyl groups excluding tert-OH is 1. The summed E-state index contributed by atoms with van der Waals surface area (Å²) in [5.41, 5.74) is -7.19. The predicted molar refractivity (Wildman–Crippen MR) is 183 cm³/mol. The Bertz CT molecular complexity index is 1830. The fourth-order valence-electron chi connectivity index (χ4n) is 10.4. The van der Waals surface area contributed by atoms with E-state index in [4.69, 9.17) is 33.2 Å².